The van der Waals surface area contributed by atoms with Crippen molar-refractivity contribution in [3.63, 3.8) is 0 Å². The van der Waals surface area contributed by atoms with E-state index in [-0.39, 0.29) is 0 Å². The second kappa shape index (κ2) is 8.64. The van der Waals surface area contributed by atoms with Crippen LogP contribution in [-0.2, 0) is 12.8 Å². The number of rotatable bonds is 6. The Kier molecular flexibility index (Phi) is 6.66. The van der Waals surface area contributed by atoms with Gasteiger partial charge in [-0.3, -0.25) is 9.88 Å². The van der Waals surface area contributed by atoms with Crippen LogP contribution < -0.4 is 0 Å². The van der Waals surface area contributed by atoms with E-state index in [9.17, 15) is 0 Å². The molecule has 0 saturated carbocycles. The molecular formula is C25H42N2. The van der Waals surface area contributed by atoms with Gasteiger partial charge in [-0.05, 0) is 93.7 Å². The molecule has 27 heavy (non-hydrogen) atoms. The minimum atomic E-state index is 0.519. The fourth-order valence-corrected chi connectivity index (χ4v) is 5.63. The van der Waals surface area contributed by atoms with Crippen LogP contribution >= 0.6 is 0 Å². The highest BCUT2D eigenvalue weighted by Crippen LogP contribution is 2.36. The number of nitrogens with zero attached hydrogens (tertiary/aromatic N) is 2. The maximum absolute atomic E-state index is 5.22. The lowest BCUT2D eigenvalue weighted by Crippen LogP contribution is -2.40. The van der Waals surface area contributed by atoms with E-state index in [2.05, 4.69) is 59.4 Å². The Hall–Kier alpha value is -0.890. The second-order valence-corrected chi connectivity index (χ2v) is 10.2. The minimum Gasteiger partial charge on any atom is -0.298 e. The molecule has 3 atom stereocenters. The van der Waals surface area contributed by atoms with Gasteiger partial charge in [-0.25, -0.2) is 0 Å². The monoisotopic (exact) mass is 370 g/mol. The van der Waals surface area contributed by atoms with Crippen LogP contribution in [0.3, 0.4) is 0 Å². The fraction of sp³-hybridized carbons (Fsp3) is 0.800. The van der Waals surface area contributed by atoms with Crippen LogP contribution in [0.25, 0.3) is 0 Å². The zero-order valence-electron chi connectivity index (χ0n) is 18.9. The number of hydrogen-bond donors (Lipinski definition) is 0. The molecule has 0 radical (unpaired) electrons. The van der Waals surface area contributed by atoms with Gasteiger partial charge < -0.3 is 0 Å². The average Bonchev–Trinajstić information content (AvgIpc) is 3.10. The third-order valence-electron chi connectivity index (χ3n) is 7.09. The minimum absolute atomic E-state index is 0.519. The van der Waals surface area contributed by atoms with Gasteiger partial charge in [0.2, 0.25) is 0 Å². The summed E-state index contributed by atoms with van der Waals surface area (Å²) in [6.45, 7) is 17.8. The summed E-state index contributed by atoms with van der Waals surface area (Å²) in [6.07, 6.45) is 7.95. The van der Waals surface area contributed by atoms with Crippen molar-refractivity contribution in [3.05, 3.63) is 28.6 Å². The van der Waals surface area contributed by atoms with Crippen LogP contribution in [0.1, 0.15) is 109 Å². The number of fused-ring (bicyclic) bond motifs is 1. The molecule has 0 amide bonds. The Morgan fingerprint density at radius 3 is 2.41 bits per heavy atom. The molecule has 0 bridgehead atoms. The first-order chi connectivity index (χ1) is 12.8. The van der Waals surface area contributed by atoms with Crippen LogP contribution in [0.5, 0.6) is 0 Å². The number of pyridine rings is 1. The van der Waals surface area contributed by atoms with Gasteiger partial charge >= 0.3 is 0 Å². The van der Waals surface area contributed by atoms with Crippen molar-refractivity contribution < 1.29 is 0 Å². The smallest absolute Gasteiger partial charge is 0.0467 e. The number of hydrogen-bond acceptors (Lipinski definition) is 2. The van der Waals surface area contributed by atoms with E-state index in [1.54, 1.807) is 0 Å². The highest BCUT2D eigenvalue weighted by Gasteiger charge is 2.33. The van der Waals surface area contributed by atoms with Gasteiger partial charge in [0.05, 0.1) is 0 Å². The SMILES string of the molecule is CC(C)c1cc2c(nc1C(C)C)CC(CC(C)C1CCCN1C(C)C)CC2. The van der Waals surface area contributed by atoms with Gasteiger partial charge in [-0.15, -0.1) is 0 Å². The normalized spacial score (nSPS) is 24.8. The number of likely N-dealkylation sites (tertiary alicyclic amines) is 1. The summed E-state index contributed by atoms with van der Waals surface area (Å²) in [5, 5.41) is 0. The Bertz CT molecular complexity index is 631. The zero-order valence-corrected chi connectivity index (χ0v) is 18.9. The molecule has 0 N–H and O–H groups in total. The van der Waals surface area contributed by atoms with Crippen LogP contribution in [0.4, 0.5) is 0 Å². The Morgan fingerprint density at radius 1 is 1.04 bits per heavy atom. The lowest BCUT2D eigenvalue weighted by Gasteiger charge is -2.35. The predicted molar refractivity (Wildman–Crippen MR) is 117 cm³/mol. The standard InChI is InChI=1S/C25H42N2/c1-16(2)22-15-21-11-10-20(14-23(21)26-25(22)17(3)4)13-19(7)24-9-8-12-27(24)18(5)6/h15-20,24H,8-14H2,1-7H3. The molecule has 2 aliphatic rings. The van der Waals surface area contributed by atoms with Gasteiger partial charge in [0.15, 0.2) is 0 Å². The van der Waals surface area contributed by atoms with E-state index in [1.165, 1.54) is 67.6 Å². The third kappa shape index (κ3) is 4.58. The van der Waals surface area contributed by atoms with E-state index >= 15 is 0 Å². The molecule has 1 aromatic heterocycles. The molecule has 3 unspecified atom stereocenters. The van der Waals surface area contributed by atoms with E-state index in [0.29, 0.717) is 17.9 Å². The third-order valence-corrected chi connectivity index (χ3v) is 7.09. The summed E-state index contributed by atoms with van der Waals surface area (Å²) in [4.78, 5) is 7.98. The van der Waals surface area contributed by atoms with Gasteiger partial charge in [0, 0.05) is 23.5 Å². The van der Waals surface area contributed by atoms with Crippen molar-refractivity contribution in [2.45, 2.75) is 111 Å². The van der Waals surface area contributed by atoms with Crippen molar-refractivity contribution in [3.8, 4) is 0 Å². The van der Waals surface area contributed by atoms with Crippen molar-refractivity contribution in [2.24, 2.45) is 11.8 Å². The zero-order chi connectivity index (χ0) is 19.7. The van der Waals surface area contributed by atoms with Gasteiger partial charge in [0.25, 0.3) is 0 Å². The predicted octanol–water partition coefficient (Wildman–Crippen LogP) is 6.33. The molecule has 2 nitrogen and oxygen atoms in total. The van der Waals surface area contributed by atoms with Gasteiger partial charge in [0.1, 0.15) is 0 Å². The van der Waals surface area contributed by atoms with Crippen LogP contribution in [0.2, 0.25) is 0 Å². The quantitative estimate of drug-likeness (QED) is 0.581. The van der Waals surface area contributed by atoms with Crippen molar-refractivity contribution in [1.82, 2.24) is 9.88 Å². The highest BCUT2D eigenvalue weighted by molar-refractivity contribution is 5.35. The van der Waals surface area contributed by atoms with E-state index < -0.39 is 0 Å². The van der Waals surface area contributed by atoms with Crippen LogP contribution in [0.15, 0.2) is 6.07 Å². The van der Waals surface area contributed by atoms with E-state index in [1.807, 2.05) is 0 Å². The maximum Gasteiger partial charge on any atom is 0.0467 e. The molecule has 2 heterocycles. The topological polar surface area (TPSA) is 16.1 Å². The van der Waals surface area contributed by atoms with E-state index in [0.717, 1.165) is 17.9 Å². The summed E-state index contributed by atoms with van der Waals surface area (Å²) >= 11 is 0. The molecule has 0 spiro atoms. The number of aromatic nitrogens is 1. The summed E-state index contributed by atoms with van der Waals surface area (Å²) < 4.78 is 0. The van der Waals surface area contributed by atoms with Crippen molar-refractivity contribution >= 4 is 0 Å². The van der Waals surface area contributed by atoms with Crippen LogP contribution in [-0.4, -0.2) is 28.5 Å². The average molecular weight is 371 g/mol. The summed E-state index contributed by atoms with van der Waals surface area (Å²) in [5.74, 6) is 2.72. The highest BCUT2D eigenvalue weighted by atomic mass is 15.2. The summed E-state index contributed by atoms with van der Waals surface area (Å²) in [6, 6.07) is 3.99. The fourth-order valence-electron chi connectivity index (χ4n) is 5.63. The molecule has 3 rings (SSSR count). The second-order valence-electron chi connectivity index (χ2n) is 10.2. The molecule has 1 aromatic rings. The molecule has 1 saturated heterocycles. The van der Waals surface area contributed by atoms with Gasteiger partial charge in [-0.1, -0.05) is 40.7 Å². The molecule has 0 aromatic carbocycles. The Balaban J connectivity index is 1.71. The maximum atomic E-state index is 5.22. The largest absolute Gasteiger partial charge is 0.298 e. The first kappa shape index (κ1) is 20.8. The van der Waals surface area contributed by atoms with Crippen molar-refractivity contribution in [1.29, 1.82) is 0 Å². The first-order valence-electron chi connectivity index (χ1n) is 11.6. The first-order valence-corrected chi connectivity index (χ1v) is 11.6. The lowest BCUT2D eigenvalue weighted by molar-refractivity contribution is 0.141. The number of aryl methyl sites for hydroxylation is 1. The molecular weight excluding hydrogens is 328 g/mol. The van der Waals surface area contributed by atoms with Gasteiger partial charge in [-0.2, -0.15) is 0 Å². The lowest BCUT2D eigenvalue weighted by atomic mass is 9.78. The molecule has 2 heteroatoms. The summed E-state index contributed by atoms with van der Waals surface area (Å²) in [5.41, 5.74) is 5.78. The molecule has 1 fully saturated rings. The van der Waals surface area contributed by atoms with Crippen molar-refractivity contribution in [2.75, 3.05) is 6.54 Å². The summed E-state index contributed by atoms with van der Waals surface area (Å²) in [7, 11) is 0. The molecule has 1 aliphatic carbocycles. The van der Waals surface area contributed by atoms with E-state index in [4.69, 9.17) is 4.98 Å². The Labute approximate surface area is 168 Å². The van der Waals surface area contributed by atoms with Crippen LogP contribution in [0, 0.1) is 11.8 Å². The Morgan fingerprint density at radius 2 is 1.78 bits per heavy atom. The molecule has 1 aliphatic heterocycles. The molecule has 152 valence electrons.